The van der Waals surface area contributed by atoms with E-state index in [1.165, 1.54) is 12.8 Å². The number of nitrogens with one attached hydrogen (secondary N) is 1. The SMILES string of the molecule is CCOC(=O)N1CCC(NC(=O)C2CC2C(=O)N2CCCCCC2)CC1. The highest BCUT2D eigenvalue weighted by Crippen LogP contribution is 2.40. The second-order valence-electron chi connectivity index (χ2n) is 7.66. The van der Waals surface area contributed by atoms with Gasteiger partial charge in [-0.25, -0.2) is 4.79 Å². The summed E-state index contributed by atoms with van der Waals surface area (Å²) in [5.41, 5.74) is 0. The van der Waals surface area contributed by atoms with Crippen LogP contribution in [-0.2, 0) is 14.3 Å². The highest BCUT2D eigenvalue weighted by molar-refractivity contribution is 5.92. The molecule has 3 rings (SSSR count). The first kappa shape index (κ1) is 19.0. The molecule has 0 radical (unpaired) electrons. The number of carbonyl (C=O) groups excluding carboxylic acids is 3. The third-order valence-corrected chi connectivity index (χ3v) is 5.73. The van der Waals surface area contributed by atoms with E-state index in [1.807, 2.05) is 4.90 Å². The molecule has 0 aromatic heterocycles. The average molecular weight is 365 g/mol. The average Bonchev–Trinajstić information content (AvgIpc) is 3.46. The summed E-state index contributed by atoms with van der Waals surface area (Å²) in [5.74, 6) is -0.0986. The predicted octanol–water partition coefficient (Wildman–Crippen LogP) is 1.76. The Morgan fingerprint density at radius 3 is 2.19 bits per heavy atom. The molecule has 1 saturated carbocycles. The zero-order valence-electron chi connectivity index (χ0n) is 15.7. The largest absolute Gasteiger partial charge is 0.450 e. The molecule has 1 N–H and O–H groups in total. The molecular weight excluding hydrogens is 334 g/mol. The fourth-order valence-electron chi connectivity index (χ4n) is 4.01. The highest BCUT2D eigenvalue weighted by Gasteiger charge is 2.49. The minimum atomic E-state index is -0.275. The predicted molar refractivity (Wildman–Crippen MR) is 96.4 cm³/mol. The molecule has 7 nitrogen and oxygen atoms in total. The Morgan fingerprint density at radius 2 is 1.58 bits per heavy atom. The summed E-state index contributed by atoms with van der Waals surface area (Å²) in [5, 5.41) is 3.08. The number of nitrogens with zero attached hydrogens (tertiary/aromatic N) is 2. The summed E-state index contributed by atoms with van der Waals surface area (Å²) in [7, 11) is 0. The smallest absolute Gasteiger partial charge is 0.409 e. The van der Waals surface area contributed by atoms with Gasteiger partial charge in [0.25, 0.3) is 0 Å². The summed E-state index contributed by atoms with van der Waals surface area (Å²) in [6.45, 7) is 5.06. The topological polar surface area (TPSA) is 79.0 Å². The molecule has 0 spiro atoms. The maximum atomic E-state index is 12.6. The lowest BCUT2D eigenvalue weighted by Crippen LogP contribution is -2.47. The lowest BCUT2D eigenvalue weighted by atomic mass is 10.0. The monoisotopic (exact) mass is 365 g/mol. The van der Waals surface area contributed by atoms with Crippen molar-refractivity contribution in [2.45, 2.75) is 57.9 Å². The maximum absolute atomic E-state index is 12.6. The van der Waals surface area contributed by atoms with E-state index < -0.39 is 0 Å². The van der Waals surface area contributed by atoms with Gasteiger partial charge in [0.2, 0.25) is 11.8 Å². The van der Waals surface area contributed by atoms with Crippen molar-refractivity contribution in [3.8, 4) is 0 Å². The first-order chi connectivity index (χ1) is 12.6. The fourth-order valence-corrected chi connectivity index (χ4v) is 4.01. The molecule has 3 fully saturated rings. The summed E-state index contributed by atoms with van der Waals surface area (Å²) in [6, 6.07) is 0.0858. The van der Waals surface area contributed by atoms with Crippen LogP contribution >= 0.6 is 0 Å². The van der Waals surface area contributed by atoms with Crippen molar-refractivity contribution in [3.05, 3.63) is 0 Å². The summed E-state index contributed by atoms with van der Waals surface area (Å²) >= 11 is 0. The van der Waals surface area contributed by atoms with E-state index in [0.29, 0.717) is 26.1 Å². The van der Waals surface area contributed by atoms with E-state index in [-0.39, 0.29) is 35.8 Å². The van der Waals surface area contributed by atoms with Gasteiger partial charge >= 0.3 is 6.09 Å². The summed E-state index contributed by atoms with van der Waals surface area (Å²) in [4.78, 5) is 40.4. The van der Waals surface area contributed by atoms with Crippen LogP contribution in [0.1, 0.15) is 51.9 Å². The van der Waals surface area contributed by atoms with Crippen LogP contribution in [0.25, 0.3) is 0 Å². The van der Waals surface area contributed by atoms with Crippen molar-refractivity contribution in [2.24, 2.45) is 11.8 Å². The van der Waals surface area contributed by atoms with E-state index in [1.54, 1.807) is 11.8 Å². The third-order valence-electron chi connectivity index (χ3n) is 5.73. The Kier molecular flexibility index (Phi) is 6.38. The Balaban J connectivity index is 1.40. The quantitative estimate of drug-likeness (QED) is 0.823. The van der Waals surface area contributed by atoms with E-state index in [4.69, 9.17) is 4.74 Å². The van der Waals surface area contributed by atoms with Crippen molar-refractivity contribution < 1.29 is 19.1 Å². The minimum absolute atomic E-state index is 0.00718. The number of amides is 3. The first-order valence-corrected chi connectivity index (χ1v) is 10.1. The van der Waals surface area contributed by atoms with Gasteiger partial charge in [-0.2, -0.15) is 0 Å². The molecule has 2 aliphatic heterocycles. The number of piperidine rings is 1. The van der Waals surface area contributed by atoms with Gasteiger partial charge in [-0.15, -0.1) is 0 Å². The molecular formula is C19H31N3O4. The summed E-state index contributed by atoms with van der Waals surface area (Å²) in [6.07, 6.45) is 6.43. The van der Waals surface area contributed by atoms with Crippen LogP contribution in [0.2, 0.25) is 0 Å². The lowest BCUT2D eigenvalue weighted by Gasteiger charge is -2.31. The molecule has 146 valence electrons. The number of likely N-dealkylation sites (tertiary alicyclic amines) is 2. The van der Waals surface area contributed by atoms with E-state index >= 15 is 0 Å². The van der Waals surface area contributed by atoms with Crippen molar-refractivity contribution in [2.75, 3.05) is 32.8 Å². The number of hydrogen-bond donors (Lipinski definition) is 1. The molecule has 0 bridgehead atoms. The Labute approximate surface area is 155 Å². The molecule has 3 aliphatic rings. The lowest BCUT2D eigenvalue weighted by molar-refractivity contribution is -0.134. The van der Waals surface area contributed by atoms with Crippen LogP contribution in [0.4, 0.5) is 4.79 Å². The Morgan fingerprint density at radius 1 is 0.923 bits per heavy atom. The van der Waals surface area contributed by atoms with Crippen LogP contribution in [-0.4, -0.2) is 66.5 Å². The highest BCUT2D eigenvalue weighted by atomic mass is 16.6. The Hall–Kier alpha value is -1.79. The van der Waals surface area contributed by atoms with Gasteiger partial charge in [-0.05, 0) is 39.0 Å². The second kappa shape index (κ2) is 8.73. The fraction of sp³-hybridized carbons (Fsp3) is 0.842. The van der Waals surface area contributed by atoms with Gasteiger partial charge in [0, 0.05) is 32.2 Å². The second-order valence-corrected chi connectivity index (χ2v) is 7.66. The zero-order chi connectivity index (χ0) is 18.5. The van der Waals surface area contributed by atoms with E-state index in [9.17, 15) is 14.4 Å². The Bertz CT molecular complexity index is 523. The molecule has 0 aromatic carbocycles. The van der Waals surface area contributed by atoms with Crippen LogP contribution in [0, 0.1) is 11.8 Å². The van der Waals surface area contributed by atoms with Crippen molar-refractivity contribution >= 4 is 17.9 Å². The molecule has 7 heteroatoms. The maximum Gasteiger partial charge on any atom is 0.409 e. The standard InChI is InChI=1S/C19H31N3O4/c1-2-26-19(25)22-11-7-14(8-12-22)20-17(23)15-13-16(15)18(24)21-9-5-3-4-6-10-21/h14-16H,2-13H2,1H3,(H,20,23). The summed E-state index contributed by atoms with van der Waals surface area (Å²) < 4.78 is 5.01. The van der Waals surface area contributed by atoms with E-state index in [0.717, 1.165) is 38.8 Å². The van der Waals surface area contributed by atoms with Crippen molar-refractivity contribution in [1.29, 1.82) is 0 Å². The van der Waals surface area contributed by atoms with Gasteiger partial charge in [-0.1, -0.05) is 12.8 Å². The molecule has 2 saturated heterocycles. The molecule has 0 aromatic rings. The van der Waals surface area contributed by atoms with Crippen LogP contribution in [0.5, 0.6) is 0 Å². The molecule has 3 amide bonds. The third kappa shape index (κ3) is 4.68. The van der Waals surface area contributed by atoms with Gasteiger partial charge in [0.1, 0.15) is 0 Å². The molecule has 2 atom stereocenters. The number of rotatable bonds is 4. The number of carbonyl (C=O) groups is 3. The van der Waals surface area contributed by atoms with Gasteiger partial charge in [0.15, 0.2) is 0 Å². The van der Waals surface area contributed by atoms with E-state index in [2.05, 4.69) is 5.32 Å². The van der Waals surface area contributed by atoms with Gasteiger partial charge in [0.05, 0.1) is 18.4 Å². The molecule has 2 unspecified atom stereocenters. The molecule has 2 heterocycles. The van der Waals surface area contributed by atoms with Crippen molar-refractivity contribution in [3.63, 3.8) is 0 Å². The molecule has 26 heavy (non-hydrogen) atoms. The van der Waals surface area contributed by atoms with Crippen molar-refractivity contribution in [1.82, 2.24) is 15.1 Å². The number of ether oxygens (including phenoxy) is 1. The first-order valence-electron chi connectivity index (χ1n) is 10.1. The normalized spacial score (nSPS) is 26.8. The van der Waals surface area contributed by atoms with Crippen LogP contribution < -0.4 is 5.32 Å². The van der Waals surface area contributed by atoms with Crippen LogP contribution in [0.3, 0.4) is 0 Å². The van der Waals surface area contributed by atoms with Gasteiger partial charge in [-0.3, -0.25) is 9.59 Å². The molecule has 1 aliphatic carbocycles. The van der Waals surface area contributed by atoms with Gasteiger partial charge < -0.3 is 19.9 Å². The zero-order valence-corrected chi connectivity index (χ0v) is 15.7. The minimum Gasteiger partial charge on any atom is -0.450 e. The number of hydrogen-bond acceptors (Lipinski definition) is 4. The van der Waals surface area contributed by atoms with Crippen LogP contribution in [0.15, 0.2) is 0 Å².